The standard InChI is InChI=1S/C23H25N3O3/c1-26-12-11-22(25-26)24-23(27)18-13-20(28-16-17-7-3-2-4-8-17)15-21(14-18)29-19-9-5-6-10-19/h2-4,7-8,11-15,19H,5-6,9-10,16H2,1H3,(H,24,25,27). The fourth-order valence-electron chi connectivity index (χ4n) is 3.46. The van der Waals surface area contributed by atoms with Crippen molar-refractivity contribution in [2.75, 3.05) is 5.32 Å². The highest BCUT2D eigenvalue weighted by Crippen LogP contribution is 2.29. The van der Waals surface area contributed by atoms with Crippen LogP contribution in [-0.2, 0) is 13.7 Å². The number of ether oxygens (including phenoxy) is 2. The monoisotopic (exact) mass is 391 g/mol. The van der Waals surface area contributed by atoms with Crippen LogP contribution in [0.5, 0.6) is 11.5 Å². The van der Waals surface area contributed by atoms with Gasteiger partial charge in [0.15, 0.2) is 5.82 Å². The minimum absolute atomic E-state index is 0.200. The fraction of sp³-hybridized carbons (Fsp3) is 0.304. The Morgan fingerprint density at radius 2 is 1.86 bits per heavy atom. The maximum Gasteiger partial charge on any atom is 0.257 e. The number of nitrogens with zero attached hydrogens (tertiary/aromatic N) is 2. The van der Waals surface area contributed by atoms with Gasteiger partial charge < -0.3 is 14.8 Å². The molecule has 3 aromatic rings. The van der Waals surface area contributed by atoms with E-state index in [1.54, 1.807) is 36.1 Å². The summed E-state index contributed by atoms with van der Waals surface area (Å²) in [7, 11) is 1.81. The predicted molar refractivity (Wildman–Crippen MR) is 111 cm³/mol. The number of anilines is 1. The summed E-state index contributed by atoms with van der Waals surface area (Å²) < 4.78 is 13.7. The van der Waals surface area contributed by atoms with Crippen molar-refractivity contribution >= 4 is 11.7 Å². The molecule has 150 valence electrons. The summed E-state index contributed by atoms with van der Waals surface area (Å²) in [6.07, 6.45) is 6.44. The molecule has 1 saturated carbocycles. The fourth-order valence-corrected chi connectivity index (χ4v) is 3.46. The van der Waals surface area contributed by atoms with Gasteiger partial charge in [0.2, 0.25) is 0 Å². The maximum atomic E-state index is 12.8. The average Bonchev–Trinajstić information content (AvgIpc) is 3.38. The number of carbonyl (C=O) groups excluding carboxylic acids is 1. The number of aromatic nitrogens is 2. The minimum Gasteiger partial charge on any atom is -0.490 e. The molecule has 0 spiro atoms. The largest absolute Gasteiger partial charge is 0.490 e. The summed E-state index contributed by atoms with van der Waals surface area (Å²) in [5, 5.41) is 7.02. The topological polar surface area (TPSA) is 65.4 Å². The van der Waals surface area contributed by atoms with Gasteiger partial charge in [-0.3, -0.25) is 9.48 Å². The molecule has 1 heterocycles. The van der Waals surface area contributed by atoms with E-state index >= 15 is 0 Å². The Morgan fingerprint density at radius 3 is 2.59 bits per heavy atom. The van der Waals surface area contributed by atoms with Crippen LogP contribution in [-0.4, -0.2) is 21.8 Å². The normalized spacial score (nSPS) is 14.0. The Kier molecular flexibility index (Phi) is 5.79. The number of aryl methyl sites for hydroxylation is 1. The van der Waals surface area contributed by atoms with Crippen molar-refractivity contribution in [1.82, 2.24) is 9.78 Å². The first-order valence-corrected chi connectivity index (χ1v) is 9.95. The Labute approximate surface area is 170 Å². The van der Waals surface area contributed by atoms with Crippen molar-refractivity contribution in [2.45, 2.75) is 38.4 Å². The summed E-state index contributed by atoms with van der Waals surface area (Å²) >= 11 is 0. The second kappa shape index (κ2) is 8.82. The molecule has 1 fully saturated rings. The van der Waals surface area contributed by atoms with Crippen LogP contribution in [0.3, 0.4) is 0 Å². The molecule has 1 aliphatic rings. The van der Waals surface area contributed by atoms with Crippen LogP contribution >= 0.6 is 0 Å². The van der Waals surface area contributed by atoms with Crippen molar-refractivity contribution in [3.05, 3.63) is 71.9 Å². The van der Waals surface area contributed by atoms with Gasteiger partial charge in [-0.15, -0.1) is 0 Å². The predicted octanol–water partition coefficient (Wildman–Crippen LogP) is 4.57. The number of benzene rings is 2. The summed E-state index contributed by atoms with van der Waals surface area (Å²) in [5.41, 5.74) is 1.54. The van der Waals surface area contributed by atoms with E-state index in [-0.39, 0.29) is 12.0 Å². The van der Waals surface area contributed by atoms with Gasteiger partial charge in [0.1, 0.15) is 18.1 Å². The zero-order valence-corrected chi connectivity index (χ0v) is 16.5. The summed E-state index contributed by atoms with van der Waals surface area (Å²) in [5.74, 6) is 1.53. The van der Waals surface area contributed by atoms with Gasteiger partial charge in [0, 0.05) is 30.9 Å². The molecule has 1 aromatic heterocycles. The summed E-state index contributed by atoms with van der Waals surface area (Å²) in [6, 6.07) is 17.1. The second-order valence-corrected chi connectivity index (χ2v) is 7.32. The van der Waals surface area contributed by atoms with Crippen LogP contribution in [0.4, 0.5) is 5.82 Å². The molecule has 0 aliphatic heterocycles. The van der Waals surface area contributed by atoms with E-state index in [9.17, 15) is 4.79 Å². The first-order chi connectivity index (χ1) is 14.2. The highest BCUT2D eigenvalue weighted by Gasteiger charge is 2.18. The Hall–Kier alpha value is -3.28. The third-order valence-electron chi connectivity index (χ3n) is 4.95. The second-order valence-electron chi connectivity index (χ2n) is 7.32. The third kappa shape index (κ3) is 5.16. The lowest BCUT2D eigenvalue weighted by atomic mass is 10.1. The molecule has 6 nitrogen and oxygen atoms in total. The zero-order chi connectivity index (χ0) is 20.1. The molecule has 1 amide bonds. The molecule has 1 aliphatic carbocycles. The molecular weight excluding hydrogens is 366 g/mol. The van der Waals surface area contributed by atoms with E-state index in [2.05, 4.69) is 10.4 Å². The van der Waals surface area contributed by atoms with Crippen molar-refractivity contribution in [1.29, 1.82) is 0 Å². The lowest BCUT2D eigenvalue weighted by Gasteiger charge is -2.16. The van der Waals surface area contributed by atoms with Crippen molar-refractivity contribution in [3.63, 3.8) is 0 Å². The van der Waals surface area contributed by atoms with E-state index in [4.69, 9.17) is 9.47 Å². The van der Waals surface area contributed by atoms with Gasteiger partial charge in [-0.1, -0.05) is 30.3 Å². The Morgan fingerprint density at radius 1 is 1.10 bits per heavy atom. The molecule has 0 unspecified atom stereocenters. The van der Waals surface area contributed by atoms with E-state index in [1.165, 1.54) is 12.8 Å². The van der Waals surface area contributed by atoms with Crippen molar-refractivity contribution in [3.8, 4) is 11.5 Å². The first-order valence-electron chi connectivity index (χ1n) is 9.95. The molecule has 1 N–H and O–H groups in total. The Bertz CT molecular complexity index is 963. The van der Waals surface area contributed by atoms with Gasteiger partial charge in [0.05, 0.1) is 6.10 Å². The number of nitrogens with one attached hydrogen (secondary N) is 1. The lowest BCUT2D eigenvalue weighted by molar-refractivity contribution is 0.102. The van der Waals surface area contributed by atoms with E-state index < -0.39 is 0 Å². The highest BCUT2D eigenvalue weighted by molar-refractivity contribution is 6.04. The van der Waals surface area contributed by atoms with Crippen LogP contribution < -0.4 is 14.8 Å². The first kappa shape index (κ1) is 19.1. The van der Waals surface area contributed by atoms with Gasteiger partial charge >= 0.3 is 0 Å². The molecule has 4 rings (SSSR count). The van der Waals surface area contributed by atoms with Crippen LogP contribution in [0.1, 0.15) is 41.6 Å². The highest BCUT2D eigenvalue weighted by atomic mass is 16.5. The molecule has 29 heavy (non-hydrogen) atoms. The number of hydrogen-bond donors (Lipinski definition) is 1. The van der Waals surface area contributed by atoms with Crippen LogP contribution in [0, 0.1) is 0 Å². The smallest absolute Gasteiger partial charge is 0.257 e. The molecule has 6 heteroatoms. The molecule has 0 atom stereocenters. The van der Waals surface area contributed by atoms with Crippen molar-refractivity contribution < 1.29 is 14.3 Å². The van der Waals surface area contributed by atoms with E-state index in [0.29, 0.717) is 29.5 Å². The SMILES string of the molecule is Cn1ccc(NC(=O)c2cc(OCc3ccccc3)cc(OC3CCCC3)c2)n1. The number of rotatable bonds is 7. The average molecular weight is 391 g/mol. The molecular formula is C23H25N3O3. The maximum absolute atomic E-state index is 12.8. The van der Waals surface area contributed by atoms with Gasteiger partial charge in [-0.05, 0) is 43.4 Å². The summed E-state index contributed by atoms with van der Waals surface area (Å²) in [6.45, 7) is 0.426. The third-order valence-corrected chi connectivity index (χ3v) is 4.95. The number of carbonyl (C=O) groups is 1. The summed E-state index contributed by atoms with van der Waals surface area (Å²) in [4.78, 5) is 12.8. The quantitative estimate of drug-likeness (QED) is 0.641. The van der Waals surface area contributed by atoms with Gasteiger partial charge in [-0.25, -0.2) is 0 Å². The number of hydrogen-bond acceptors (Lipinski definition) is 4. The zero-order valence-electron chi connectivity index (χ0n) is 16.5. The van der Waals surface area contributed by atoms with Gasteiger partial charge in [-0.2, -0.15) is 5.10 Å². The molecule has 0 bridgehead atoms. The molecule has 0 saturated heterocycles. The van der Waals surface area contributed by atoms with Crippen molar-refractivity contribution in [2.24, 2.45) is 7.05 Å². The van der Waals surface area contributed by atoms with E-state index in [1.807, 2.05) is 36.4 Å². The molecule has 0 radical (unpaired) electrons. The minimum atomic E-state index is -0.245. The number of amides is 1. The van der Waals surface area contributed by atoms with Gasteiger partial charge in [0.25, 0.3) is 5.91 Å². The Balaban J connectivity index is 1.53. The van der Waals surface area contributed by atoms with Crippen LogP contribution in [0.25, 0.3) is 0 Å². The van der Waals surface area contributed by atoms with E-state index in [0.717, 1.165) is 18.4 Å². The molecule has 2 aromatic carbocycles. The van der Waals surface area contributed by atoms with Crippen LogP contribution in [0.2, 0.25) is 0 Å². The lowest BCUT2D eigenvalue weighted by Crippen LogP contribution is -2.15. The van der Waals surface area contributed by atoms with Crippen LogP contribution in [0.15, 0.2) is 60.8 Å².